The molecule has 2 aromatic rings. The maximum Gasteiger partial charge on any atom is 0.194 e. The average molecular weight is 504 g/mol. The number of piperazine rings is 1. The van der Waals surface area contributed by atoms with E-state index in [1.807, 2.05) is 18.2 Å². The van der Waals surface area contributed by atoms with Gasteiger partial charge in [-0.1, -0.05) is 28.9 Å². The van der Waals surface area contributed by atoms with Gasteiger partial charge in [0.25, 0.3) is 0 Å². The second-order valence-electron chi connectivity index (χ2n) is 6.37. The lowest BCUT2D eigenvalue weighted by molar-refractivity contribution is 0.169. The molecule has 0 radical (unpaired) electrons. The van der Waals surface area contributed by atoms with Crippen LogP contribution >= 0.6 is 35.6 Å². The highest BCUT2D eigenvalue weighted by Gasteiger charge is 2.20. The van der Waals surface area contributed by atoms with Gasteiger partial charge in [-0.15, -0.1) is 24.0 Å². The van der Waals surface area contributed by atoms with Crippen LogP contribution in [0.3, 0.4) is 0 Å². The van der Waals surface area contributed by atoms with Crippen molar-refractivity contribution in [3.8, 4) is 0 Å². The van der Waals surface area contributed by atoms with Crippen LogP contribution in [0, 0.1) is 0 Å². The van der Waals surface area contributed by atoms with Gasteiger partial charge in [0, 0.05) is 56.9 Å². The minimum atomic E-state index is 0. The summed E-state index contributed by atoms with van der Waals surface area (Å²) in [4.78, 5) is 9.54. The van der Waals surface area contributed by atoms with Crippen LogP contribution in [0.25, 0.3) is 0 Å². The molecule has 1 aliphatic heterocycles. The topological polar surface area (TPSA) is 56.9 Å². The van der Waals surface area contributed by atoms with Crippen LogP contribution in [0.4, 0.5) is 0 Å². The van der Waals surface area contributed by atoms with Gasteiger partial charge in [-0.05, 0) is 31.0 Å². The highest BCUT2D eigenvalue weighted by Crippen LogP contribution is 2.10. The lowest BCUT2D eigenvalue weighted by Gasteiger charge is -2.36. The van der Waals surface area contributed by atoms with Gasteiger partial charge in [0.15, 0.2) is 5.96 Å². The Hall–Kier alpha value is -1.32. The summed E-state index contributed by atoms with van der Waals surface area (Å²) < 4.78 is 4.91. The quantitative estimate of drug-likeness (QED) is 0.373. The number of aliphatic imine (C=N–C) groups is 1. The second-order valence-corrected chi connectivity index (χ2v) is 6.80. The zero-order valence-corrected chi connectivity index (χ0v) is 18.7. The van der Waals surface area contributed by atoms with Crippen LogP contribution in [0.5, 0.6) is 0 Å². The average Bonchev–Trinajstić information content (AvgIpc) is 3.16. The van der Waals surface area contributed by atoms with Crippen molar-refractivity contribution < 1.29 is 4.52 Å². The van der Waals surface area contributed by atoms with Gasteiger partial charge in [-0.25, -0.2) is 0 Å². The molecule has 6 nitrogen and oxygen atoms in total. The fraction of sp³-hybridized carbons (Fsp3) is 0.474. The first-order valence-corrected chi connectivity index (χ1v) is 9.51. The smallest absolute Gasteiger partial charge is 0.194 e. The van der Waals surface area contributed by atoms with Crippen LogP contribution in [0.1, 0.15) is 18.2 Å². The fourth-order valence-corrected chi connectivity index (χ4v) is 3.16. The standard InChI is InChI=1S/C19H26ClN5O.HI/c1-2-21-19(22-9-7-16-3-5-17(20)6-4-16)25-12-10-24(11-13-25)15-18-8-14-26-23-18;/h3-6,8,14H,2,7,9-13,15H2,1H3,(H,21,22);1H. The molecule has 3 rings (SSSR count). The SMILES string of the molecule is CCNC(=NCCc1ccc(Cl)cc1)N1CCN(Cc2ccon2)CC1.I. The third-order valence-corrected chi connectivity index (χ3v) is 4.71. The Morgan fingerprint density at radius 3 is 2.56 bits per heavy atom. The Kier molecular flexibility index (Phi) is 9.36. The molecule has 1 aliphatic rings. The molecule has 1 saturated heterocycles. The summed E-state index contributed by atoms with van der Waals surface area (Å²) in [7, 11) is 0. The van der Waals surface area contributed by atoms with Crippen molar-refractivity contribution in [1.29, 1.82) is 0 Å². The fourth-order valence-electron chi connectivity index (χ4n) is 3.03. The van der Waals surface area contributed by atoms with Crippen molar-refractivity contribution in [2.45, 2.75) is 19.9 Å². The van der Waals surface area contributed by atoms with E-state index in [-0.39, 0.29) is 24.0 Å². The van der Waals surface area contributed by atoms with Gasteiger partial charge in [0.05, 0.1) is 5.69 Å². The first-order valence-electron chi connectivity index (χ1n) is 9.14. The molecular formula is C19H27ClIN5O. The van der Waals surface area contributed by atoms with Gasteiger partial charge < -0.3 is 14.7 Å². The Labute approximate surface area is 183 Å². The van der Waals surface area contributed by atoms with Gasteiger partial charge in [0.2, 0.25) is 0 Å². The number of hydrogen-bond acceptors (Lipinski definition) is 4. The molecule has 0 unspecified atom stereocenters. The number of nitrogens with zero attached hydrogens (tertiary/aromatic N) is 4. The van der Waals surface area contributed by atoms with E-state index >= 15 is 0 Å². The van der Waals surface area contributed by atoms with E-state index in [0.29, 0.717) is 0 Å². The lowest BCUT2D eigenvalue weighted by atomic mass is 10.1. The number of rotatable bonds is 6. The van der Waals surface area contributed by atoms with E-state index in [0.717, 1.165) is 68.9 Å². The first kappa shape index (κ1) is 22.0. The molecule has 1 N–H and O–H groups in total. The molecular weight excluding hydrogens is 477 g/mol. The van der Waals surface area contributed by atoms with Crippen LogP contribution in [0.15, 0.2) is 46.1 Å². The van der Waals surface area contributed by atoms with E-state index in [1.54, 1.807) is 6.26 Å². The molecule has 27 heavy (non-hydrogen) atoms. The van der Waals surface area contributed by atoms with E-state index in [1.165, 1.54) is 5.56 Å². The van der Waals surface area contributed by atoms with Gasteiger partial charge in [0.1, 0.15) is 6.26 Å². The predicted molar refractivity (Wildman–Crippen MR) is 120 cm³/mol. The summed E-state index contributed by atoms with van der Waals surface area (Å²) in [6.45, 7) is 8.50. The van der Waals surface area contributed by atoms with Gasteiger partial charge in [-0.3, -0.25) is 9.89 Å². The van der Waals surface area contributed by atoms with Crippen molar-refractivity contribution in [1.82, 2.24) is 20.3 Å². The third-order valence-electron chi connectivity index (χ3n) is 4.46. The van der Waals surface area contributed by atoms with E-state index < -0.39 is 0 Å². The van der Waals surface area contributed by atoms with Crippen molar-refractivity contribution in [3.05, 3.63) is 52.9 Å². The lowest BCUT2D eigenvalue weighted by Crippen LogP contribution is -2.52. The molecule has 8 heteroatoms. The van der Waals surface area contributed by atoms with Crippen LogP contribution in [-0.2, 0) is 13.0 Å². The monoisotopic (exact) mass is 503 g/mol. The van der Waals surface area contributed by atoms with E-state index in [2.05, 4.69) is 39.3 Å². The molecule has 1 fully saturated rings. The van der Waals surface area contributed by atoms with Gasteiger partial charge >= 0.3 is 0 Å². The molecule has 0 spiro atoms. The maximum atomic E-state index is 5.94. The number of guanidine groups is 1. The van der Waals surface area contributed by atoms with Gasteiger partial charge in [-0.2, -0.15) is 0 Å². The normalized spacial score (nSPS) is 15.5. The number of benzene rings is 1. The summed E-state index contributed by atoms with van der Waals surface area (Å²) >= 11 is 5.94. The predicted octanol–water partition coefficient (Wildman–Crippen LogP) is 3.27. The zero-order valence-electron chi connectivity index (χ0n) is 15.6. The van der Waals surface area contributed by atoms with E-state index in [9.17, 15) is 0 Å². The number of aromatic nitrogens is 1. The summed E-state index contributed by atoms with van der Waals surface area (Å²) in [6.07, 6.45) is 2.54. The highest BCUT2D eigenvalue weighted by molar-refractivity contribution is 14.0. The number of halogens is 2. The molecule has 0 bridgehead atoms. The molecule has 1 aromatic carbocycles. The Balaban J connectivity index is 0.00000261. The van der Waals surface area contributed by atoms with Crippen molar-refractivity contribution >= 4 is 41.5 Å². The summed E-state index contributed by atoms with van der Waals surface area (Å²) in [6, 6.07) is 9.91. The molecule has 0 saturated carbocycles. The Bertz CT molecular complexity index is 685. The highest BCUT2D eigenvalue weighted by atomic mass is 127. The second kappa shape index (κ2) is 11.5. The first-order chi connectivity index (χ1) is 12.7. The maximum absolute atomic E-state index is 5.94. The molecule has 1 aromatic heterocycles. The molecule has 0 amide bonds. The minimum Gasteiger partial charge on any atom is -0.364 e. The Morgan fingerprint density at radius 2 is 1.93 bits per heavy atom. The van der Waals surface area contributed by atoms with Crippen LogP contribution in [-0.4, -0.2) is 60.2 Å². The summed E-state index contributed by atoms with van der Waals surface area (Å²) in [5.74, 6) is 1.00. The van der Waals surface area contributed by atoms with Crippen molar-refractivity contribution in [2.24, 2.45) is 4.99 Å². The largest absolute Gasteiger partial charge is 0.364 e. The molecule has 0 atom stereocenters. The number of nitrogens with one attached hydrogen (secondary N) is 1. The molecule has 0 aliphatic carbocycles. The van der Waals surface area contributed by atoms with Crippen LogP contribution in [0.2, 0.25) is 5.02 Å². The summed E-state index contributed by atoms with van der Waals surface area (Å²) in [5, 5.41) is 8.18. The van der Waals surface area contributed by atoms with E-state index in [4.69, 9.17) is 21.1 Å². The third kappa shape index (κ3) is 6.97. The Morgan fingerprint density at radius 1 is 1.19 bits per heavy atom. The summed E-state index contributed by atoms with van der Waals surface area (Å²) in [5.41, 5.74) is 2.24. The van der Waals surface area contributed by atoms with Crippen molar-refractivity contribution in [2.75, 3.05) is 39.3 Å². The number of hydrogen-bond donors (Lipinski definition) is 1. The van der Waals surface area contributed by atoms with Crippen molar-refractivity contribution in [3.63, 3.8) is 0 Å². The van der Waals surface area contributed by atoms with Crippen LogP contribution < -0.4 is 5.32 Å². The zero-order chi connectivity index (χ0) is 18.2. The molecule has 148 valence electrons. The minimum absolute atomic E-state index is 0. The molecule has 2 heterocycles.